The van der Waals surface area contributed by atoms with Crippen molar-refractivity contribution in [2.45, 2.75) is 6.61 Å². The third kappa shape index (κ3) is 2.18. The molecule has 0 atom stereocenters. The monoisotopic (exact) mass is 287 g/mol. The van der Waals surface area contributed by atoms with Gasteiger partial charge in [-0.2, -0.15) is 0 Å². The molecule has 4 nitrogen and oxygen atoms in total. The van der Waals surface area contributed by atoms with Gasteiger partial charge in [-0.1, -0.05) is 29.8 Å². The first-order chi connectivity index (χ1) is 9.66. The third-order valence-electron chi connectivity index (χ3n) is 3.23. The van der Waals surface area contributed by atoms with Crippen molar-refractivity contribution in [1.82, 2.24) is 9.55 Å². The minimum Gasteiger partial charge on any atom is -0.484 e. The lowest BCUT2D eigenvalue weighted by molar-refractivity contribution is 0.292. The Labute approximate surface area is 121 Å². The lowest BCUT2D eigenvalue weighted by atomic mass is 10.3. The van der Waals surface area contributed by atoms with Crippen LogP contribution in [0, 0.1) is 0 Å². The normalized spacial score (nSPS) is 10.9. The van der Waals surface area contributed by atoms with E-state index in [2.05, 4.69) is 4.98 Å². The quantitative estimate of drug-likeness (QED) is 0.751. The first-order valence-electron chi connectivity index (χ1n) is 6.24. The van der Waals surface area contributed by atoms with Crippen LogP contribution < -0.4 is 10.5 Å². The summed E-state index contributed by atoms with van der Waals surface area (Å²) in [5, 5.41) is 0.589. The van der Waals surface area contributed by atoms with Gasteiger partial charge in [0.1, 0.15) is 23.7 Å². The van der Waals surface area contributed by atoms with E-state index in [1.165, 1.54) is 0 Å². The Morgan fingerprint density at radius 3 is 2.75 bits per heavy atom. The summed E-state index contributed by atoms with van der Waals surface area (Å²) in [7, 11) is 1.94. The van der Waals surface area contributed by atoms with Crippen molar-refractivity contribution in [2.75, 3.05) is 5.73 Å². The van der Waals surface area contributed by atoms with Crippen molar-refractivity contribution in [2.24, 2.45) is 7.05 Å². The Morgan fingerprint density at radius 1 is 1.20 bits per heavy atom. The Hall–Kier alpha value is -2.20. The zero-order valence-corrected chi connectivity index (χ0v) is 11.8. The van der Waals surface area contributed by atoms with E-state index in [1.54, 1.807) is 6.07 Å². The zero-order chi connectivity index (χ0) is 14.1. The van der Waals surface area contributed by atoms with Crippen molar-refractivity contribution in [3.8, 4) is 5.75 Å². The number of halogens is 1. The second kappa shape index (κ2) is 5.06. The molecule has 2 N–H and O–H groups in total. The summed E-state index contributed by atoms with van der Waals surface area (Å²) in [6.45, 7) is 0.342. The van der Waals surface area contributed by atoms with Crippen molar-refractivity contribution < 1.29 is 4.74 Å². The molecule has 0 bridgehead atoms. The molecule has 0 fully saturated rings. The van der Waals surface area contributed by atoms with E-state index in [-0.39, 0.29) is 0 Å². The van der Waals surface area contributed by atoms with Crippen LogP contribution in [-0.2, 0) is 13.7 Å². The SMILES string of the molecule is Cn1c(COc2ccccc2Cl)nc2c(N)cccc21. The predicted molar refractivity (Wildman–Crippen MR) is 80.9 cm³/mol. The smallest absolute Gasteiger partial charge is 0.147 e. The summed E-state index contributed by atoms with van der Waals surface area (Å²) in [5.41, 5.74) is 8.39. The summed E-state index contributed by atoms with van der Waals surface area (Å²) in [4.78, 5) is 4.53. The molecule has 0 aliphatic rings. The lowest BCUT2D eigenvalue weighted by Crippen LogP contribution is -2.03. The highest BCUT2D eigenvalue weighted by Crippen LogP contribution is 2.25. The van der Waals surface area contributed by atoms with Crippen LogP contribution in [0.4, 0.5) is 5.69 Å². The molecule has 0 aliphatic carbocycles. The Kier molecular flexibility index (Phi) is 3.24. The maximum Gasteiger partial charge on any atom is 0.147 e. The van der Waals surface area contributed by atoms with Crippen LogP contribution in [0.2, 0.25) is 5.02 Å². The van der Waals surface area contributed by atoms with Crippen molar-refractivity contribution in [3.05, 3.63) is 53.3 Å². The largest absolute Gasteiger partial charge is 0.484 e. The fraction of sp³-hybridized carbons (Fsp3) is 0.133. The first kappa shape index (κ1) is 12.8. The van der Waals surface area contributed by atoms with Gasteiger partial charge in [0.2, 0.25) is 0 Å². The molecule has 0 unspecified atom stereocenters. The van der Waals surface area contributed by atoms with Crippen LogP contribution in [-0.4, -0.2) is 9.55 Å². The standard InChI is InChI=1S/C15H14ClN3O/c1-19-12-7-4-6-11(17)15(12)18-14(19)9-20-13-8-3-2-5-10(13)16/h2-8H,9,17H2,1H3. The van der Waals surface area contributed by atoms with Gasteiger partial charge in [0, 0.05) is 7.05 Å². The predicted octanol–water partition coefficient (Wildman–Crippen LogP) is 3.39. The number of aryl methyl sites for hydroxylation is 1. The van der Waals surface area contributed by atoms with E-state index in [1.807, 2.05) is 48.0 Å². The molecule has 3 rings (SSSR count). The van der Waals surface area contributed by atoms with Gasteiger partial charge in [-0.15, -0.1) is 0 Å². The molecular formula is C15H14ClN3O. The van der Waals surface area contributed by atoms with Gasteiger partial charge >= 0.3 is 0 Å². The number of nitrogens with zero attached hydrogens (tertiary/aromatic N) is 2. The summed E-state index contributed by atoms with van der Waals surface area (Å²) in [6, 6.07) is 13.1. The number of aromatic nitrogens is 2. The van der Waals surface area contributed by atoms with E-state index in [0.717, 1.165) is 16.9 Å². The molecule has 1 heterocycles. The van der Waals surface area contributed by atoms with Gasteiger partial charge in [0.25, 0.3) is 0 Å². The molecule has 0 aliphatic heterocycles. The number of benzene rings is 2. The minimum absolute atomic E-state index is 0.342. The minimum atomic E-state index is 0.342. The highest BCUT2D eigenvalue weighted by molar-refractivity contribution is 6.32. The molecule has 0 saturated heterocycles. The summed E-state index contributed by atoms with van der Waals surface area (Å²) < 4.78 is 7.69. The van der Waals surface area contributed by atoms with Gasteiger partial charge in [-0.3, -0.25) is 0 Å². The van der Waals surface area contributed by atoms with E-state index in [0.29, 0.717) is 23.1 Å². The number of ether oxygens (including phenoxy) is 1. The molecular weight excluding hydrogens is 274 g/mol. The number of para-hydroxylation sites is 2. The van der Waals surface area contributed by atoms with E-state index in [4.69, 9.17) is 22.1 Å². The average Bonchev–Trinajstić information content (AvgIpc) is 2.77. The highest BCUT2D eigenvalue weighted by Gasteiger charge is 2.10. The number of nitrogens with two attached hydrogens (primary N) is 1. The number of fused-ring (bicyclic) bond motifs is 1. The summed E-state index contributed by atoms with van der Waals surface area (Å²) >= 11 is 6.06. The summed E-state index contributed by atoms with van der Waals surface area (Å²) in [5.74, 6) is 1.45. The van der Waals surface area contributed by atoms with Gasteiger partial charge in [0.15, 0.2) is 0 Å². The summed E-state index contributed by atoms with van der Waals surface area (Å²) in [6.07, 6.45) is 0. The maximum absolute atomic E-state index is 6.06. The fourth-order valence-electron chi connectivity index (χ4n) is 2.12. The Morgan fingerprint density at radius 2 is 2.00 bits per heavy atom. The van der Waals surface area contributed by atoms with Gasteiger partial charge in [0.05, 0.1) is 16.2 Å². The van der Waals surface area contributed by atoms with Gasteiger partial charge < -0.3 is 15.0 Å². The maximum atomic E-state index is 6.06. The Bertz CT molecular complexity index is 767. The van der Waals surface area contributed by atoms with Crippen molar-refractivity contribution >= 4 is 28.3 Å². The van der Waals surface area contributed by atoms with E-state index in [9.17, 15) is 0 Å². The molecule has 20 heavy (non-hydrogen) atoms. The second-order valence-corrected chi connectivity index (χ2v) is 4.93. The van der Waals surface area contributed by atoms with E-state index >= 15 is 0 Å². The molecule has 102 valence electrons. The number of nitrogen functional groups attached to an aromatic ring is 1. The molecule has 0 radical (unpaired) electrons. The molecule has 5 heteroatoms. The highest BCUT2D eigenvalue weighted by atomic mass is 35.5. The number of hydrogen-bond donors (Lipinski definition) is 1. The average molecular weight is 288 g/mol. The van der Waals surface area contributed by atoms with Crippen LogP contribution in [0.1, 0.15) is 5.82 Å². The zero-order valence-electron chi connectivity index (χ0n) is 11.0. The Balaban J connectivity index is 1.90. The van der Waals surface area contributed by atoms with Crippen molar-refractivity contribution in [1.29, 1.82) is 0 Å². The number of hydrogen-bond acceptors (Lipinski definition) is 3. The third-order valence-corrected chi connectivity index (χ3v) is 3.54. The van der Waals surface area contributed by atoms with Crippen LogP contribution >= 0.6 is 11.6 Å². The van der Waals surface area contributed by atoms with Crippen LogP contribution in [0.3, 0.4) is 0 Å². The van der Waals surface area contributed by atoms with E-state index < -0.39 is 0 Å². The van der Waals surface area contributed by atoms with Crippen molar-refractivity contribution in [3.63, 3.8) is 0 Å². The number of rotatable bonds is 3. The topological polar surface area (TPSA) is 53.1 Å². The van der Waals surface area contributed by atoms with Crippen LogP contribution in [0.25, 0.3) is 11.0 Å². The molecule has 0 spiro atoms. The number of anilines is 1. The molecule has 0 saturated carbocycles. The van der Waals surface area contributed by atoms with Crippen LogP contribution in [0.15, 0.2) is 42.5 Å². The lowest BCUT2D eigenvalue weighted by Gasteiger charge is -2.07. The van der Waals surface area contributed by atoms with Crippen LogP contribution in [0.5, 0.6) is 5.75 Å². The van der Waals surface area contributed by atoms with Gasteiger partial charge in [-0.05, 0) is 24.3 Å². The molecule has 2 aromatic carbocycles. The first-order valence-corrected chi connectivity index (χ1v) is 6.61. The molecule has 0 amide bonds. The van der Waals surface area contributed by atoms with Gasteiger partial charge in [-0.25, -0.2) is 4.98 Å². The molecule has 1 aromatic heterocycles. The second-order valence-electron chi connectivity index (χ2n) is 4.52. The molecule has 3 aromatic rings. The number of imidazole rings is 1. The fourth-order valence-corrected chi connectivity index (χ4v) is 2.31.